The maximum absolute atomic E-state index is 12.7. The van der Waals surface area contributed by atoms with Gasteiger partial charge in [0.15, 0.2) is 0 Å². The van der Waals surface area contributed by atoms with Crippen LogP contribution in [0.4, 0.5) is 0 Å². The summed E-state index contributed by atoms with van der Waals surface area (Å²) in [5, 5.41) is 3.61. The quantitative estimate of drug-likeness (QED) is 0.824. The summed E-state index contributed by atoms with van der Waals surface area (Å²) in [4.78, 5) is 0. The minimum atomic E-state index is -3.21. The summed E-state index contributed by atoms with van der Waals surface area (Å²) in [7, 11) is -3.21. The van der Waals surface area contributed by atoms with Crippen LogP contribution in [-0.4, -0.2) is 55.8 Å². The highest BCUT2D eigenvalue weighted by molar-refractivity contribution is 7.86. The van der Waals surface area contributed by atoms with Crippen LogP contribution in [0.15, 0.2) is 0 Å². The lowest BCUT2D eigenvalue weighted by molar-refractivity contribution is 0.266. The van der Waals surface area contributed by atoms with Crippen LogP contribution in [0.5, 0.6) is 0 Å². The van der Waals surface area contributed by atoms with Crippen molar-refractivity contribution in [2.45, 2.75) is 57.4 Å². The van der Waals surface area contributed by atoms with Crippen molar-refractivity contribution in [3.8, 4) is 0 Å². The fourth-order valence-electron chi connectivity index (χ4n) is 3.38. The molecule has 0 bridgehead atoms. The molecule has 2 heterocycles. The highest BCUT2D eigenvalue weighted by Crippen LogP contribution is 2.28. The monoisotopic (exact) mass is 351 g/mol. The molecule has 22 heavy (non-hydrogen) atoms. The average molecular weight is 352 g/mol. The van der Waals surface area contributed by atoms with E-state index in [1.54, 1.807) is 8.61 Å². The molecule has 3 aliphatic rings. The summed E-state index contributed by atoms with van der Waals surface area (Å²) in [6.45, 7) is 3.91. The van der Waals surface area contributed by atoms with Gasteiger partial charge >= 0.3 is 0 Å². The number of hydrogen-bond acceptors (Lipinski definition) is 3. The predicted octanol–water partition coefficient (Wildman–Crippen LogP) is 1.99. The van der Waals surface area contributed by atoms with Crippen molar-refractivity contribution in [2.24, 2.45) is 5.92 Å². The predicted molar refractivity (Wildman–Crippen MR) is 91.5 cm³/mol. The Morgan fingerprint density at radius 2 is 1.36 bits per heavy atom. The molecule has 0 aromatic heterocycles. The molecule has 0 aromatic rings. The molecule has 130 valence electrons. The van der Waals surface area contributed by atoms with E-state index in [1.807, 2.05) is 0 Å². The Morgan fingerprint density at radius 1 is 0.818 bits per heavy atom. The molecule has 0 amide bonds. The third-order valence-electron chi connectivity index (χ3n) is 5.06. The third kappa shape index (κ3) is 4.81. The number of nitrogens with zero attached hydrogens (tertiary/aromatic N) is 2. The highest BCUT2D eigenvalue weighted by atomic mass is 35.5. The Balaban J connectivity index is 0.00000176. The molecule has 0 unspecified atom stereocenters. The molecule has 3 fully saturated rings. The summed E-state index contributed by atoms with van der Waals surface area (Å²) in [6, 6.07) is 0.515. The van der Waals surface area contributed by atoms with Crippen LogP contribution in [0.3, 0.4) is 0 Å². The summed E-state index contributed by atoms with van der Waals surface area (Å²) in [6.07, 6.45) is 9.01. The number of hydrogen-bond donors (Lipinski definition) is 1. The van der Waals surface area contributed by atoms with E-state index in [1.165, 1.54) is 25.7 Å². The minimum Gasteiger partial charge on any atom is -0.314 e. The second-order valence-electron chi connectivity index (χ2n) is 6.85. The van der Waals surface area contributed by atoms with Gasteiger partial charge in [-0.15, -0.1) is 12.4 Å². The molecule has 7 heteroatoms. The van der Waals surface area contributed by atoms with Gasteiger partial charge in [-0.3, -0.25) is 0 Å². The smallest absolute Gasteiger partial charge is 0.281 e. The molecule has 1 aliphatic carbocycles. The maximum Gasteiger partial charge on any atom is 0.281 e. The summed E-state index contributed by atoms with van der Waals surface area (Å²) < 4.78 is 28.9. The van der Waals surface area contributed by atoms with Crippen LogP contribution in [0.1, 0.15) is 51.4 Å². The minimum absolute atomic E-state index is 0. The zero-order valence-electron chi connectivity index (χ0n) is 13.4. The van der Waals surface area contributed by atoms with E-state index >= 15 is 0 Å². The van der Waals surface area contributed by atoms with Crippen molar-refractivity contribution in [1.29, 1.82) is 0 Å². The van der Waals surface area contributed by atoms with Crippen molar-refractivity contribution in [2.75, 3.05) is 32.7 Å². The Kier molecular flexibility index (Phi) is 6.95. The van der Waals surface area contributed by atoms with Crippen LogP contribution in [0, 0.1) is 5.92 Å². The first-order chi connectivity index (χ1) is 10.2. The standard InChI is InChI=1S/C15H29N3O2S.ClH/c19-21(20,17-9-3-1-2-4-10-17)18-11-7-15(8-12-18)16-13-14-5-6-14;/h14-16H,1-13H2;1H. The van der Waals surface area contributed by atoms with Crippen molar-refractivity contribution in [3.05, 3.63) is 0 Å². The molecule has 0 atom stereocenters. The third-order valence-corrected chi connectivity index (χ3v) is 7.10. The average Bonchev–Trinajstić information content (AvgIpc) is 3.32. The van der Waals surface area contributed by atoms with E-state index in [2.05, 4.69) is 5.32 Å². The summed E-state index contributed by atoms with van der Waals surface area (Å²) >= 11 is 0. The molecule has 1 N–H and O–H groups in total. The normalized spacial score (nSPS) is 26.4. The molecule has 5 nitrogen and oxygen atoms in total. The number of halogens is 1. The SMILES string of the molecule is Cl.O=S(=O)(N1CCCCCC1)N1CCC(NCC2CC2)CC1. The van der Waals surface area contributed by atoms with Gasteiger partial charge < -0.3 is 5.32 Å². The lowest BCUT2D eigenvalue weighted by atomic mass is 10.1. The highest BCUT2D eigenvalue weighted by Gasteiger charge is 2.33. The van der Waals surface area contributed by atoms with Gasteiger partial charge in [-0.2, -0.15) is 17.0 Å². The maximum atomic E-state index is 12.7. The lowest BCUT2D eigenvalue weighted by Gasteiger charge is -2.35. The summed E-state index contributed by atoms with van der Waals surface area (Å²) in [5.74, 6) is 0.892. The van der Waals surface area contributed by atoms with E-state index in [0.717, 1.165) is 38.1 Å². The van der Waals surface area contributed by atoms with Gasteiger partial charge in [0.1, 0.15) is 0 Å². The van der Waals surface area contributed by atoms with Crippen molar-refractivity contribution >= 4 is 22.6 Å². The van der Waals surface area contributed by atoms with Gasteiger partial charge in [-0.25, -0.2) is 0 Å². The van der Waals surface area contributed by atoms with E-state index in [4.69, 9.17) is 0 Å². The summed E-state index contributed by atoms with van der Waals surface area (Å²) in [5.41, 5.74) is 0. The largest absolute Gasteiger partial charge is 0.314 e. The molecule has 1 saturated carbocycles. The second kappa shape index (κ2) is 8.29. The molecule has 0 radical (unpaired) electrons. The molecule has 3 rings (SSSR count). The van der Waals surface area contributed by atoms with E-state index < -0.39 is 10.2 Å². The first-order valence-corrected chi connectivity index (χ1v) is 10.0. The molecule has 2 aliphatic heterocycles. The van der Waals surface area contributed by atoms with E-state index in [9.17, 15) is 8.42 Å². The second-order valence-corrected chi connectivity index (χ2v) is 8.77. The first-order valence-electron chi connectivity index (χ1n) is 8.65. The van der Waals surface area contributed by atoms with Crippen molar-refractivity contribution in [3.63, 3.8) is 0 Å². The Morgan fingerprint density at radius 3 is 1.91 bits per heavy atom. The van der Waals surface area contributed by atoms with Gasteiger partial charge in [-0.05, 0) is 51.0 Å². The van der Waals surface area contributed by atoms with Crippen LogP contribution in [0.25, 0.3) is 0 Å². The van der Waals surface area contributed by atoms with Crippen LogP contribution in [-0.2, 0) is 10.2 Å². The number of rotatable bonds is 5. The van der Waals surface area contributed by atoms with Gasteiger partial charge in [0.25, 0.3) is 10.2 Å². The van der Waals surface area contributed by atoms with Gasteiger partial charge in [-0.1, -0.05) is 12.8 Å². The fourth-order valence-corrected chi connectivity index (χ4v) is 5.10. The molecular weight excluding hydrogens is 322 g/mol. The Hall–Kier alpha value is 0.120. The zero-order valence-corrected chi connectivity index (χ0v) is 15.0. The van der Waals surface area contributed by atoms with Gasteiger partial charge in [0, 0.05) is 32.2 Å². The van der Waals surface area contributed by atoms with Gasteiger partial charge in [0.05, 0.1) is 0 Å². The number of piperidine rings is 1. The van der Waals surface area contributed by atoms with E-state index in [0.29, 0.717) is 32.2 Å². The van der Waals surface area contributed by atoms with Crippen LogP contribution >= 0.6 is 12.4 Å². The van der Waals surface area contributed by atoms with Gasteiger partial charge in [0.2, 0.25) is 0 Å². The van der Waals surface area contributed by atoms with Crippen LogP contribution < -0.4 is 5.32 Å². The first kappa shape index (κ1) is 18.5. The topological polar surface area (TPSA) is 52.7 Å². The zero-order chi connectivity index (χ0) is 14.7. The fraction of sp³-hybridized carbons (Fsp3) is 1.00. The van der Waals surface area contributed by atoms with Crippen molar-refractivity contribution in [1.82, 2.24) is 13.9 Å². The number of nitrogens with one attached hydrogen (secondary N) is 1. The molecule has 2 saturated heterocycles. The molecule has 0 aromatic carbocycles. The molecule has 0 spiro atoms. The van der Waals surface area contributed by atoms with Crippen molar-refractivity contribution < 1.29 is 8.42 Å². The molecular formula is C15H30ClN3O2S. The lowest BCUT2D eigenvalue weighted by Crippen LogP contribution is -2.50. The Bertz CT molecular complexity index is 426. The van der Waals surface area contributed by atoms with Crippen LogP contribution in [0.2, 0.25) is 0 Å². The Labute approximate surface area is 141 Å². The van der Waals surface area contributed by atoms with E-state index in [-0.39, 0.29) is 12.4 Å².